The number of rotatable bonds is 0. The Hall–Kier alpha value is 1.27. The van der Waals surface area contributed by atoms with Crippen molar-refractivity contribution in [3.8, 4) is 0 Å². The maximum Gasteiger partial charge on any atom is 2.00 e. The van der Waals surface area contributed by atoms with Crippen molar-refractivity contribution in [2.45, 2.75) is 0 Å². The molecule has 0 aliphatic heterocycles. The zero-order valence-electron chi connectivity index (χ0n) is 6.17. The summed E-state index contributed by atoms with van der Waals surface area (Å²) in [7, 11) is -4.67. The van der Waals surface area contributed by atoms with Crippen molar-refractivity contribution in [3.63, 3.8) is 0 Å². The largest absolute Gasteiger partial charge is 2.00 e. The maximum absolute atomic E-state index is 8.74. The summed E-state index contributed by atoms with van der Waals surface area (Å²) in [6, 6.07) is 0. The van der Waals surface area contributed by atoms with E-state index in [1.165, 1.54) is 0 Å². The maximum atomic E-state index is 8.74. The fourth-order valence-electron chi connectivity index (χ4n) is 0. The first-order valence-electron chi connectivity index (χ1n) is 1.73. The van der Waals surface area contributed by atoms with Crippen molar-refractivity contribution in [2.24, 2.45) is 0 Å². The predicted octanol–water partition coefficient (Wildman–Crippen LogP) is -2.36. The number of hydrogen-bond acceptors (Lipinski definition) is 6. The average molecular weight is 300 g/mol. The molecule has 0 bridgehead atoms. The predicted molar refractivity (Wildman–Crippen MR) is 43.0 cm³/mol. The fourth-order valence-corrected chi connectivity index (χ4v) is 0. The molecule has 0 fully saturated rings. The van der Waals surface area contributed by atoms with Crippen LogP contribution in [0.25, 0.3) is 0 Å². The summed E-state index contributed by atoms with van der Waals surface area (Å²) in [5.41, 5.74) is 0. The van der Waals surface area contributed by atoms with Crippen LogP contribution >= 0.6 is 0 Å². The summed E-state index contributed by atoms with van der Waals surface area (Å²) in [5.74, 6) is 0. The van der Waals surface area contributed by atoms with E-state index in [4.69, 9.17) is 44.2 Å². The molecular weight excluding hydrogens is 296 g/mol. The second-order valence-electron chi connectivity index (χ2n) is 0.882. The molecule has 0 amide bonds. The van der Waals surface area contributed by atoms with Crippen LogP contribution in [-0.4, -0.2) is 81.9 Å². The van der Waals surface area contributed by atoms with E-state index in [2.05, 4.69) is 0 Å². The smallest absolute Gasteiger partial charge is 0.750 e. The van der Waals surface area contributed by atoms with Gasteiger partial charge < -0.3 is 18.2 Å². The van der Waals surface area contributed by atoms with Crippen LogP contribution in [0.3, 0.4) is 0 Å². The molecule has 0 heterocycles. The summed E-state index contributed by atoms with van der Waals surface area (Å²) < 4.78 is 79.8. The van der Waals surface area contributed by atoms with Gasteiger partial charge in [-0.2, -0.15) is 8.42 Å². The van der Waals surface area contributed by atoms with Crippen LogP contribution in [-0.2, 0) is 33.1 Å². The van der Waals surface area contributed by atoms with Crippen LogP contribution in [0.15, 0.2) is 0 Å². The standard InChI is InChI=1S/Ca.H2O4S.2H2O3S/c;1-5(2,3)4;2*1-4(2)3/h;(H2,1,2,3,4);2*(H2,1,2,3)/q+2;;;/p-2. The van der Waals surface area contributed by atoms with Gasteiger partial charge in [-0.25, -0.2) is 8.42 Å². The van der Waals surface area contributed by atoms with Crippen molar-refractivity contribution in [2.75, 3.05) is 0 Å². The van der Waals surface area contributed by atoms with Crippen molar-refractivity contribution < 1.29 is 44.2 Å². The third-order valence-corrected chi connectivity index (χ3v) is 0. The van der Waals surface area contributed by atoms with Crippen LogP contribution in [0.4, 0.5) is 0 Å². The molecule has 0 aromatic rings. The molecule has 0 aromatic carbocycles. The zero-order valence-corrected chi connectivity index (χ0v) is 10.8. The molecule has 14 heavy (non-hydrogen) atoms. The topological polar surface area (TPSA) is 195 Å². The van der Waals surface area contributed by atoms with Crippen molar-refractivity contribution in [1.29, 1.82) is 0 Å². The van der Waals surface area contributed by atoms with E-state index in [-0.39, 0.29) is 37.7 Å². The van der Waals surface area contributed by atoms with Crippen LogP contribution in [0.2, 0.25) is 0 Å². The third kappa shape index (κ3) is 1240. The number of hydrogen-bond donors (Lipinski definition) is 4. The Kier molecular flexibility index (Phi) is 25.0. The van der Waals surface area contributed by atoms with Crippen molar-refractivity contribution in [1.82, 2.24) is 0 Å². The SMILES string of the molecule is O=S(=O)(O)O.O=S([O-])O.O=S([O-])O.[Ca+2]. The van der Waals surface area contributed by atoms with Gasteiger partial charge in [0.1, 0.15) is 0 Å². The molecule has 4 N–H and O–H groups in total. The first-order chi connectivity index (χ1) is 5.46. The summed E-state index contributed by atoms with van der Waals surface area (Å²) >= 11 is -5.72. The Morgan fingerprint density at radius 3 is 0.929 bits per heavy atom. The second kappa shape index (κ2) is 14.3. The Labute approximate surface area is 114 Å². The van der Waals surface area contributed by atoms with Crippen molar-refractivity contribution in [3.05, 3.63) is 0 Å². The van der Waals surface area contributed by atoms with Gasteiger partial charge in [0.15, 0.2) is 0 Å². The molecule has 0 spiro atoms. The van der Waals surface area contributed by atoms with Gasteiger partial charge in [0.2, 0.25) is 0 Å². The van der Waals surface area contributed by atoms with Gasteiger partial charge in [-0.05, 0) is 0 Å². The van der Waals surface area contributed by atoms with E-state index in [0.29, 0.717) is 0 Å². The zero-order chi connectivity index (χ0) is 11.7. The molecule has 0 saturated heterocycles. The molecule has 2 atom stereocenters. The van der Waals surface area contributed by atoms with Crippen LogP contribution < -0.4 is 0 Å². The minimum absolute atomic E-state index is 0. The Bertz CT molecular complexity index is 210. The van der Waals surface area contributed by atoms with Crippen LogP contribution in [0, 0.1) is 0 Å². The van der Waals surface area contributed by atoms with E-state index in [1.54, 1.807) is 0 Å². The summed E-state index contributed by atoms with van der Waals surface area (Å²) in [6.45, 7) is 0. The molecule has 0 saturated carbocycles. The molecule has 0 aliphatic rings. The molecule has 14 heteroatoms. The molecule has 10 nitrogen and oxygen atoms in total. The Morgan fingerprint density at radius 1 is 0.929 bits per heavy atom. The van der Waals surface area contributed by atoms with Gasteiger partial charge in [0.25, 0.3) is 0 Å². The molecule has 0 rings (SSSR count). The van der Waals surface area contributed by atoms with Gasteiger partial charge in [-0.15, -0.1) is 0 Å². The molecule has 84 valence electrons. The fraction of sp³-hybridized carbons (Fsp3) is 0. The van der Waals surface area contributed by atoms with Crippen LogP contribution in [0.5, 0.6) is 0 Å². The Balaban J connectivity index is -0.0000000522. The summed E-state index contributed by atoms with van der Waals surface area (Å²) in [4.78, 5) is 0. The summed E-state index contributed by atoms with van der Waals surface area (Å²) in [5, 5.41) is 0. The molecule has 2 unspecified atom stereocenters. The quantitative estimate of drug-likeness (QED) is 0.213. The van der Waals surface area contributed by atoms with E-state index in [0.717, 1.165) is 0 Å². The van der Waals surface area contributed by atoms with Gasteiger partial charge >= 0.3 is 48.1 Å². The normalized spacial score (nSPS) is 13.0. The van der Waals surface area contributed by atoms with E-state index in [9.17, 15) is 0 Å². The van der Waals surface area contributed by atoms with E-state index in [1.807, 2.05) is 0 Å². The average Bonchev–Trinajstić information content (AvgIpc) is 1.50. The summed E-state index contributed by atoms with van der Waals surface area (Å²) in [6.07, 6.45) is 0. The van der Waals surface area contributed by atoms with Gasteiger partial charge in [-0.3, -0.25) is 9.11 Å². The van der Waals surface area contributed by atoms with Gasteiger partial charge in [0, 0.05) is 0 Å². The second-order valence-corrected chi connectivity index (χ2v) is 2.65. The van der Waals surface area contributed by atoms with E-state index >= 15 is 0 Å². The Morgan fingerprint density at radius 2 is 0.929 bits per heavy atom. The minimum Gasteiger partial charge on any atom is -0.750 e. The first kappa shape index (κ1) is 24.5. The molecular formula is H4CaO10S3. The molecule has 0 aliphatic carbocycles. The van der Waals surface area contributed by atoms with Gasteiger partial charge in [0.05, 0.1) is 22.7 Å². The van der Waals surface area contributed by atoms with Crippen molar-refractivity contribution >= 4 is 70.9 Å². The first-order valence-corrected chi connectivity index (χ1v) is 5.19. The van der Waals surface area contributed by atoms with Crippen LogP contribution in [0.1, 0.15) is 0 Å². The minimum atomic E-state index is -4.67. The molecule has 0 radical (unpaired) electrons. The van der Waals surface area contributed by atoms with Gasteiger partial charge in [-0.1, -0.05) is 0 Å². The monoisotopic (exact) mass is 300 g/mol. The van der Waals surface area contributed by atoms with E-state index < -0.39 is 33.1 Å². The molecule has 0 aromatic heterocycles. The third-order valence-electron chi connectivity index (χ3n) is 0.